The monoisotopic (exact) mass is 444 g/mol. The molecule has 4 heterocycles. The number of nitrogens with zero attached hydrogens (tertiary/aromatic N) is 6. The molecule has 1 aliphatic heterocycles. The van der Waals surface area contributed by atoms with Gasteiger partial charge in [0.25, 0.3) is 5.56 Å². The Hall–Kier alpha value is -3.67. The van der Waals surface area contributed by atoms with E-state index in [0.29, 0.717) is 30.0 Å². The number of hydrogen-bond acceptors (Lipinski definition) is 8. The number of aryl methyl sites for hydroxylation is 1. The zero-order chi connectivity index (χ0) is 22.2. The Balaban J connectivity index is 1.27. The highest BCUT2D eigenvalue weighted by Gasteiger charge is 2.31. The fourth-order valence-electron chi connectivity index (χ4n) is 3.73. The molecule has 0 spiro atoms. The van der Waals surface area contributed by atoms with E-state index in [2.05, 4.69) is 24.8 Å². The van der Waals surface area contributed by atoms with Gasteiger partial charge in [0.15, 0.2) is 17.0 Å². The minimum absolute atomic E-state index is 0.0859. The van der Waals surface area contributed by atoms with Crippen molar-refractivity contribution >= 4 is 11.2 Å². The summed E-state index contributed by atoms with van der Waals surface area (Å²) in [7, 11) is 1.73. The van der Waals surface area contributed by atoms with Gasteiger partial charge in [0, 0.05) is 13.0 Å². The van der Waals surface area contributed by atoms with Crippen LogP contribution in [0.5, 0.6) is 5.75 Å². The van der Waals surface area contributed by atoms with E-state index in [9.17, 15) is 13.6 Å². The van der Waals surface area contributed by atoms with Crippen molar-refractivity contribution in [1.82, 2.24) is 29.2 Å². The van der Waals surface area contributed by atoms with Gasteiger partial charge in [0.1, 0.15) is 18.6 Å². The second kappa shape index (κ2) is 8.11. The first-order valence-corrected chi connectivity index (χ1v) is 9.83. The second-order valence-electron chi connectivity index (χ2n) is 7.45. The van der Waals surface area contributed by atoms with Crippen LogP contribution in [0.2, 0.25) is 0 Å². The van der Waals surface area contributed by atoms with Crippen LogP contribution < -0.4 is 10.3 Å². The molecule has 0 radical (unpaired) electrons. The lowest BCUT2D eigenvalue weighted by Gasteiger charge is -2.10. The Morgan fingerprint density at radius 1 is 1.22 bits per heavy atom. The van der Waals surface area contributed by atoms with Crippen LogP contribution in [0.15, 0.2) is 46.2 Å². The zero-order valence-electron chi connectivity index (χ0n) is 16.9. The van der Waals surface area contributed by atoms with Gasteiger partial charge in [-0.25, -0.2) is 9.97 Å². The van der Waals surface area contributed by atoms with Crippen molar-refractivity contribution in [2.75, 3.05) is 6.61 Å². The van der Waals surface area contributed by atoms with E-state index in [1.165, 1.54) is 29.4 Å². The van der Waals surface area contributed by atoms with Crippen molar-refractivity contribution in [2.24, 2.45) is 7.05 Å². The Morgan fingerprint density at radius 3 is 2.78 bits per heavy atom. The fourth-order valence-corrected chi connectivity index (χ4v) is 3.73. The van der Waals surface area contributed by atoms with E-state index in [4.69, 9.17) is 9.26 Å². The van der Waals surface area contributed by atoms with Gasteiger partial charge >= 0.3 is 6.61 Å². The molecule has 4 aromatic rings. The largest absolute Gasteiger partial charge is 0.435 e. The molecule has 166 valence electrons. The van der Waals surface area contributed by atoms with E-state index in [0.717, 1.165) is 5.56 Å². The van der Waals surface area contributed by atoms with E-state index in [-0.39, 0.29) is 35.8 Å². The molecule has 10 nitrogen and oxygen atoms in total. The average Bonchev–Trinajstić information content (AvgIpc) is 3.50. The van der Waals surface area contributed by atoms with Crippen molar-refractivity contribution < 1.29 is 22.8 Å². The summed E-state index contributed by atoms with van der Waals surface area (Å²) < 4.78 is 43.1. The smallest absolute Gasteiger partial charge is 0.387 e. The molecule has 5 rings (SSSR count). The Morgan fingerprint density at radius 2 is 2.00 bits per heavy atom. The van der Waals surface area contributed by atoms with Crippen LogP contribution in [0, 0.1) is 0 Å². The molecule has 1 aromatic carbocycles. The van der Waals surface area contributed by atoms with Crippen LogP contribution >= 0.6 is 0 Å². The van der Waals surface area contributed by atoms with Gasteiger partial charge in [-0.1, -0.05) is 17.3 Å². The van der Waals surface area contributed by atoms with Crippen molar-refractivity contribution in [2.45, 2.75) is 31.6 Å². The highest BCUT2D eigenvalue weighted by atomic mass is 19.3. The van der Waals surface area contributed by atoms with Crippen LogP contribution in [0.1, 0.15) is 35.7 Å². The average molecular weight is 444 g/mol. The molecule has 3 aromatic heterocycles. The van der Waals surface area contributed by atoms with Crippen LogP contribution in [0.25, 0.3) is 11.2 Å². The fraction of sp³-hybridized carbons (Fsp3) is 0.350. The number of fused-ring (bicyclic) bond motifs is 1. The Kier molecular flexibility index (Phi) is 5.13. The van der Waals surface area contributed by atoms with E-state index < -0.39 is 6.61 Å². The van der Waals surface area contributed by atoms with Gasteiger partial charge in [-0.3, -0.25) is 9.36 Å². The number of imidazole rings is 1. The number of hydrogen-bond donors (Lipinski definition) is 0. The molecular formula is C20H18F2N6O4. The van der Waals surface area contributed by atoms with Gasteiger partial charge in [-0.2, -0.15) is 13.8 Å². The topological polar surface area (TPSA) is 110 Å². The lowest BCUT2D eigenvalue weighted by molar-refractivity contribution is -0.0498. The third-order valence-corrected chi connectivity index (χ3v) is 5.33. The van der Waals surface area contributed by atoms with Crippen molar-refractivity contribution in [3.05, 3.63) is 64.6 Å². The van der Waals surface area contributed by atoms with Crippen LogP contribution in [0.3, 0.4) is 0 Å². The number of rotatable bonds is 6. The zero-order valence-corrected chi connectivity index (χ0v) is 16.9. The Labute approximate surface area is 179 Å². The van der Waals surface area contributed by atoms with E-state index in [1.54, 1.807) is 23.7 Å². The molecule has 2 atom stereocenters. The molecule has 0 saturated carbocycles. The summed E-state index contributed by atoms with van der Waals surface area (Å²) in [5.41, 5.74) is 1.37. The number of benzene rings is 1. The Bertz CT molecular complexity index is 1300. The molecule has 0 bridgehead atoms. The highest BCUT2D eigenvalue weighted by Crippen LogP contribution is 2.37. The quantitative estimate of drug-likeness (QED) is 0.446. The first kappa shape index (κ1) is 20.2. The summed E-state index contributed by atoms with van der Waals surface area (Å²) in [5.74, 6) is 0.768. The molecule has 32 heavy (non-hydrogen) atoms. The third kappa shape index (κ3) is 3.84. The minimum atomic E-state index is -2.86. The van der Waals surface area contributed by atoms with Crippen molar-refractivity contribution in [3.63, 3.8) is 0 Å². The summed E-state index contributed by atoms with van der Waals surface area (Å²) in [5, 5.41) is 4.05. The second-order valence-corrected chi connectivity index (χ2v) is 7.45. The predicted molar refractivity (Wildman–Crippen MR) is 105 cm³/mol. The molecule has 1 fully saturated rings. The number of alkyl halides is 2. The van der Waals surface area contributed by atoms with Gasteiger partial charge < -0.3 is 18.6 Å². The summed E-state index contributed by atoms with van der Waals surface area (Å²) >= 11 is 0. The molecule has 0 unspecified atom stereocenters. The predicted octanol–water partition coefficient (Wildman–Crippen LogP) is 2.41. The summed E-state index contributed by atoms with van der Waals surface area (Å²) in [4.78, 5) is 25.3. The van der Waals surface area contributed by atoms with Crippen molar-refractivity contribution in [3.8, 4) is 5.75 Å². The molecule has 0 N–H and O–H groups in total. The first-order chi connectivity index (χ1) is 15.5. The number of halogens is 2. The van der Waals surface area contributed by atoms with Gasteiger partial charge in [-0.15, -0.1) is 0 Å². The van der Waals surface area contributed by atoms with Crippen LogP contribution in [-0.2, 0) is 18.3 Å². The lowest BCUT2D eigenvalue weighted by atomic mass is 10.00. The highest BCUT2D eigenvalue weighted by molar-refractivity contribution is 5.68. The SMILES string of the molecule is Cn1cnc2ncn(Cc3nc([C@@H]4CO[C@@H](c5ccc(OC(F)F)cc5)C4)no3)c(=O)c21. The first-order valence-electron chi connectivity index (χ1n) is 9.83. The van der Waals surface area contributed by atoms with Crippen molar-refractivity contribution in [1.29, 1.82) is 0 Å². The van der Waals surface area contributed by atoms with Gasteiger partial charge in [-0.05, 0) is 24.1 Å². The van der Waals surface area contributed by atoms with E-state index >= 15 is 0 Å². The van der Waals surface area contributed by atoms with Gasteiger partial charge in [0.2, 0.25) is 5.89 Å². The number of ether oxygens (including phenoxy) is 2. The summed E-state index contributed by atoms with van der Waals surface area (Å²) in [6.07, 6.45) is 3.32. The minimum Gasteiger partial charge on any atom is -0.435 e. The maximum absolute atomic E-state index is 12.7. The van der Waals surface area contributed by atoms with Gasteiger partial charge in [0.05, 0.1) is 19.0 Å². The molecule has 1 saturated heterocycles. The molecule has 0 aliphatic carbocycles. The molecule has 1 aliphatic rings. The lowest BCUT2D eigenvalue weighted by Crippen LogP contribution is -2.22. The van der Waals surface area contributed by atoms with Crippen LogP contribution in [-0.4, -0.2) is 42.5 Å². The third-order valence-electron chi connectivity index (χ3n) is 5.33. The summed E-state index contributed by atoms with van der Waals surface area (Å²) in [6.45, 7) is -2.39. The standard InChI is InChI=1S/C20H18F2N6O4/c1-27-9-23-18-16(27)19(29)28(10-24-18)7-15-25-17(26-32-15)12-6-14(30-8-12)11-2-4-13(5-3-11)31-20(21)22/h2-5,9-10,12,14,20H,6-8H2,1H3/t12-,14+/m0/s1. The maximum atomic E-state index is 12.7. The summed E-state index contributed by atoms with van der Waals surface area (Å²) in [6, 6.07) is 6.35. The van der Waals surface area contributed by atoms with E-state index in [1.807, 2.05) is 0 Å². The molecule has 12 heteroatoms. The van der Waals surface area contributed by atoms with Crippen LogP contribution in [0.4, 0.5) is 8.78 Å². The normalized spacial score (nSPS) is 18.6. The molecular weight excluding hydrogens is 426 g/mol. The maximum Gasteiger partial charge on any atom is 0.387 e. The number of aromatic nitrogens is 6. The molecule has 0 amide bonds.